The molecule has 2 aliphatic heterocycles. The van der Waals surface area contributed by atoms with Crippen molar-refractivity contribution < 1.29 is 17.9 Å². The zero-order valence-electron chi connectivity index (χ0n) is 13.8. The van der Waals surface area contributed by atoms with E-state index in [2.05, 4.69) is 15.3 Å². The lowest BCUT2D eigenvalue weighted by atomic mass is 9.99. The van der Waals surface area contributed by atoms with Gasteiger partial charge >= 0.3 is 6.18 Å². The average Bonchev–Trinajstić information content (AvgIpc) is 2.61. The van der Waals surface area contributed by atoms with E-state index < -0.39 is 11.7 Å². The Bertz CT molecular complexity index is 793. The van der Waals surface area contributed by atoms with Gasteiger partial charge in [0.2, 0.25) is 11.8 Å². The Morgan fingerprint density at radius 3 is 2.84 bits per heavy atom. The second kappa shape index (κ2) is 6.62. The highest BCUT2D eigenvalue weighted by molar-refractivity contribution is 5.91. The summed E-state index contributed by atoms with van der Waals surface area (Å²) in [5.74, 6) is 0.862. The van der Waals surface area contributed by atoms with Crippen molar-refractivity contribution in [2.45, 2.75) is 13.1 Å². The smallest absolute Gasteiger partial charge is 0.416 e. The van der Waals surface area contributed by atoms with Crippen molar-refractivity contribution in [2.24, 2.45) is 4.99 Å². The van der Waals surface area contributed by atoms with Crippen molar-refractivity contribution in [3.8, 4) is 5.88 Å². The first kappa shape index (κ1) is 17.1. The van der Waals surface area contributed by atoms with Gasteiger partial charge in [-0.1, -0.05) is 0 Å². The normalized spacial score (nSPS) is 17.1. The Kier molecular flexibility index (Phi) is 4.52. The molecule has 2 aliphatic rings. The van der Waals surface area contributed by atoms with Gasteiger partial charge in [-0.25, -0.2) is 9.98 Å². The topological polar surface area (TPSA) is 49.8 Å². The first-order valence-corrected chi connectivity index (χ1v) is 7.73. The number of halogens is 3. The number of nitrogens with one attached hydrogen (secondary N) is 1. The predicted molar refractivity (Wildman–Crippen MR) is 88.8 cm³/mol. The van der Waals surface area contributed by atoms with E-state index >= 15 is 0 Å². The minimum Gasteiger partial charge on any atom is -0.481 e. The van der Waals surface area contributed by atoms with Crippen molar-refractivity contribution in [1.82, 2.24) is 15.2 Å². The number of pyridine rings is 1. The zero-order chi connectivity index (χ0) is 18.0. The lowest BCUT2D eigenvalue weighted by Crippen LogP contribution is -2.41. The van der Waals surface area contributed by atoms with Crippen LogP contribution in [0.4, 0.5) is 13.2 Å². The molecule has 0 amide bonds. The van der Waals surface area contributed by atoms with Gasteiger partial charge in [0.25, 0.3) is 0 Å². The van der Waals surface area contributed by atoms with Crippen LogP contribution in [0.5, 0.6) is 5.88 Å². The number of ether oxygens (including phenoxy) is 1. The molecule has 0 aromatic carbocycles. The fraction of sp³-hybridized carbons (Fsp3) is 0.294. The van der Waals surface area contributed by atoms with Crippen LogP contribution in [-0.2, 0) is 0 Å². The molecule has 0 saturated carbocycles. The van der Waals surface area contributed by atoms with Gasteiger partial charge in [-0.05, 0) is 31.2 Å². The largest absolute Gasteiger partial charge is 0.481 e. The minimum absolute atomic E-state index is 0.228. The molecule has 1 N–H and O–H groups in total. The summed E-state index contributed by atoms with van der Waals surface area (Å²) < 4.78 is 44.8. The molecule has 0 bridgehead atoms. The van der Waals surface area contributed by atoms with Crippen LogP contribution in [0, 0.1) is 0 Å². The summed E-state index contributed by atoms with van der Waals surface area (Å²) in [6.45, 7) is 2.74. The predicted octanol–water partition coefficient (Wildman–Crippen LogP) is 3.10. The molecule has 5 nitrogen and oxygen atoms in total. The van der Waals surface area contributed by atoms with Crippen LogP contribution in [0.1, 0.15) is 12.5 Å². The molecule has 0 unspecified atom stereocenters. The van der Waals surface area contributed by atoms with Gasteiger partial charge < -0.3 is 10.1 Å². The molecule has 1 aromatic rings. The van der Waals surface area contributed by atoms with Gasteiger partial charge in [0.05, 0.1) is 24.9 Å². The van der Waals surface area contributed by atoms with Crippen molar-refractivity contribution in [1.29, 1.82) is 0 Å². The van der Waals surface area contributed by atoms with Crippen LogP contribution >= 0.6 is 0 Å². The third-order valence-corrected chi connectivity index (χ3v) is 3.83. The van der Waals surface area contributed by atoms with Gasteiger partial charge in [-0.2, -0.15) is 13.2 Å². The monoisotopic (exact) mass is 350 g/mol. The van der Waals surface area contributed by atoms with Crippen molar-refractivity contribution >= 4 is 11.5 Å². The summed E-state index contributed by atoms with van der Waals surface area (Å²) >= 11 is 0. The number of hydrogen-bond donors (Lipinski definition) is 1. The third kappa shape index (κ3) is 3.24. The van der Waals surface area contributed by atoms with Gasteiger partial charge in [0.1, 0.15) is 0 Å². The minimum atomic E-state index is -4.42. The SMILES string of the molecule is CCNC1=NCC(c2cccnc2OC)=C2C=C(C(F)(F)F)C=CN12. The van der Waals surface area contributed by atoms with Crippen LogP contribution in [0.3, 0.4) is 0 Å². The number of guanidine groups is 1. The molecule has 0 saturated heterocycles. The summed E-state index contributed by atoms with van der Waals surface area (Å²) in [6, 6.07) is 3.48. The number of nitrogens with zero attached hydrogens (tertiary/aromatic N) is 3. The lowest BCUT2D eigenvalue weighted by molar-refractivity contribution is -0.0885. The maximum Gasteiger partial charge on any atom is 0.416 e. The van der Waals surface area contributed by atoms with E-state index in [-0.39, 0.29) is 6.54 Å². The van der Waals surface area contributed by atoms with E-state index in [1.165, 1.54) is 13.3 Å². The van der Waals surface area contributed by atoms with E-state index in [9.17, 15) is 13.2 Å². The van der Waals surface area contributed by atoms with Gasteiger partial charge in [0.15, 0.2) is 0 Å². The maximum absolute atomic E-state index is 13.2. The molecule has 0 radical (unpaired) electrons. The number of alkyl halides is 3. The zero-order valence-corrected chi connectivity index (χ0v) is 13.8. The fourth-order valence-corrected chi connectivity index (χ4v) is 2.71. The standard InChI is InChI=1S/C17H17F3N4O/c1-3-21-16-23-10-13(12-5-4-7-22-15(12)25-2)14-9-11(17(18,19)20)6-8-24(14)16/h4-9H,3,10H2,1-2H3,(H,21,23). The Balaban J connectivity index is 2.15. The molecule has 3 rings (SSSR count). The van der Waals surface area contributed by atoms with Crippen LogP contribution in [0.25, 0.3) is 5.57 Å². The average molecular weight is 350 g/mol. The Labute approximate surface area is 143 Å². The second-order valence-corrected chi connectivity index (χ2v) is 5.38. The number of allylic oxidation sites excluding steroid dienone is 3. The summed E-state index contributed by atoms with van der Waals surface area (Å²) in [5, 5.41) is 3.07. The second-order valence-electron chi connectivity index (χ2n) is 5.38. The quantitative estimate of drug-likeness (QED) is 0.910. The van der Waals surface area contributed by atoms with Gasteiger partial charge in [0, 0.05) is 30.1 Å². The van der Waals surface area contributed by atoms with Crippen LogP contribution in [0.2, 0.25) is 0 Å². The molecule has 1 aromatic heterocycles. The number of methoxy groups -OCH3 is 1. The number of aromatic nitrogens is 1. The molecule has 0 atom stereocenters. The van der Waals surface area contributed by atoms with Crippen molar-refractivity contribution in [3.05, 3.63) is 53.5 Å². The molecule has 25 heavy (non-hydrogen) atoms. The summed E-state index contributed by atoms with van der Waals surface area (Å²) in [5.41, 5.74) is 0.944. The summed E-state index contributed by atoms with van der Waals surface area (Å²) in [6.07, 6.45) is 0.696. The Hall–Kier alpha value is -2.77. The molecule has 0 spiro atoms. The van der Waals surface area contributed by atoms with Gasteiger partial charge in [-0.3, -0.25) is 4.90 Å². The van der Waals surface area contributed by atoms with E-state index in [0.29, 0.717) is 35.2 Å². The maximum atomic E-state index is 13.2. The summed E-state index contributed by atoms with van der Waals surface area (Å²) in [4.78, 5) is 10.2. The van der Waals surface area contributed by atoms with E-state index in [1.807, 2.05) is 6.92 Å². The van der Waals surface area contributed by atoms with Crippen LogP contribution in [-0.4, -0.2) is 42.2 Å². The highest BCUT2D eigenvalue weighted by Crippen LogP contribution is 2.37. The first-order valence-electron chi connectivity index (χ1n) is 7.73. The van der Waals surface area contributed by atoms with Crippen LogP contribution < -0.4 is 10.1 Å². The Morgan fingerprint density at radius 1 is 1.36 bits per heavy atom. The molecule has 0 fully saturated rings. The van der Waals surface area contributed by atoms with Gasteiger partial charge in [-0.15, -0.1) is 0 Å². The highest BCUT2D eigenvalue weighted by Gasteiger charge is 2.36. The molecular weight excluding hydrogens is 333 g/mol. The van der Waals surface area contributed by atoms with E-state index in [4.69, 9.17) is 4.74 Å². The highest BCUT2D eigenvalue weighted by atomic mass is 19.4. The molecule has 132 valence electrons. The first-order chi connectivity index (χ1) is 12.0. The van der Waals surface area contributed by atoms with E-state index in [1.54, 1.807) is 23.2 Å². The molecular formula is C17H17F3N4O. The number of aliphatic imine (C=N–C) groups is 1. The molecule has 8 heteroatoms. The number of fused-ring (bicyclic) bond motifs is 1. The molecule has 0 aliphatic carbocycles. The van der Waals surface area contributed by atoms with E-state index in [0.717, 1.165) is 12.2 Å². The van der Waals surface area contributed by atoms with Crippen molar-refractivity contribution in [3.63, 3.8) is 0 Å². The lowest BCUT2D eigenvalue weighted by Gasteiger charge is -2.33. The van der Waals surface area contributed by atoms with Crippen molar-refractivity contribution in [2.75, 3.05) is 20.2 Å². The third-order valence-electron chi connectivity index (χ3n) is 3.83. The fourth-order valence-electron chi connectivity index (χ4n) is 2.71. The Morgan fingerprint density at radius 2 is 2.16 bits per heavy atom. The number of rotatable bonds is 3. The molecule has 3 heterocycles. The number of hydrogen-bond acceptors (Lipinski definition) is 5. The summed E-state index contributed by atoms with van der Waals surface area (Å²) in [7, 11) is 1.47. The van der Waals surface area contributed by atoms with Crippen LogP contribution in [0.15, 0.2) is 52.9 Å².